The molecular weight excluding hydrogens is 210 g/mol. The van der Waals surface area contributed by atoms with Crippen molar-refractivity contribution in [3.63, 3.8) is 0 Å². The van der Waals surface area contributed by atoms with Crippen LogP contribution in [0.1, 0.15) is 38.4 Å². The van der Waals surface area contributed by atoms with Crippen molar-refractivity contribution in [2.24, 2.45) is 11.7 Å². The molecule has 3 unspecified atom stereocenters. The Labute approximate surface area is 104 Å². The Morgan fingerprint density at radius 3 is 2.94 bits per heavy atom. The van der Waals surface area contributed by atoms with Crippen molar-refractivity contribution >= 4 is 0 Å². The van der Waals surface area contributed by atoms with E-state index >= 15 is 0 Å². The maximum Gasteiger partial charge on any atom is 0.0572 e. The Kier molecular flexibility index (Phi) is 4.13. The van der Waals surface area contributed by atoms with Crippen LogP contribution >= 0.6 is 0 Å². The van der Waals surface area contributed by atoms with Crippen molar-refractivity contribution in [1.29, 1.82) is 0 Å². The van der Waals surface area contributed by atoms with Gasteiger partial charge >= 0.3 is 0 Å². The molecule has 1 saturated heterocycles. The van der Waals surface area contributed by atoms with Crippen LogP contribution in [0.2, 0.25) is 0 Å². The van der Waals surface area contributed by atoms with Gasteiger partial charge in [-0.2, -0.15) is 0 Å². The van der Waals surface area contributed by atoms with Crippen LogP contribution in [0.4, 0.5) is 0 Å². The summed E-state index contributed by atoms with van der Waals surface area (Å²) < 4.78 is 0. The Bertz CT molecular complexity index is 339. The van der Waals surface area contributed by atoms with Gasteiger partial charge in [-0.15, -0.1) is 0 Å². The number of nitrogens with zero attached hydrogens (tertiary/aromatic N) is 2. The van der Waals surface area contributed by atoms with Crippen molar-refractivity contribution < 1.29 is 0 Å². The zero-order valence-corrected chi connectivity index (χ0v) is 10.8. The molecule has 17 heavy (non-hydrogen) atoms. The lowest BCUT2D eigenvalue weighted by Gasteiger charge is -2.41. The van der Waals surface area contributed by atoms with Gasteiger partial charge in [0.1, 0.15) is 0 Å². The quantitative estimate of drug-likeness (QED) is 0.870. The van der Waals surface area contributed by atoms with E-state index in [0.29, 0.717) is 18.0 Å². The molecule has 0 aliphatic carbocycles. The van der Waals surface area contributed by atoms with Gasteiger partial charge in [0.05, 0.1) is 5.69 Å². The first-order chi connectivity index (χ1) is 8.22. The third-order valence-electron chi connectivity index (χ3n) is 3.97. The lowest BCUT2D eigenvalue weighted by Crippen LogP contribution is -2.45. The highest BCUT2D eigenvalue weighted by Crippen LogP contribution is 2.29. The summed E-state index contributed by atoms with van der Waals surface area (Å²) >= 11 is 0. The van der Waals surface area contributed by atoms with E-state index in [0.717, 1.165) is 18.8 Å². The van der Waals surface area contributed by atoms with Gasteiger partial charge in [0.15, 0.2) is 0 Å². The zero-order valence-electron chi connectivity index (χ0n) is 10.8. The third kappa shape index (κ3) is 2.85. The van der Waals surface area contributed by atoms with E-state index in [-0.39, 0.29) is 0 Å². The maximum atomic E-state index is 5.81. The number of hydrogen-bond donors (Lipinski definition) is 1. The predicted octanol–water partition coefficient (Wildman–Crippen LogP) is 2.20. The van der Waals surface area contributed by atoms with Crippen LogP contribution < -0.4 is 5.73 Å². The summed E-state index contributed by atoms with van der Waals surface area (Å²) in [6.45, 7) is 6.47. The normalized spacial score (nSPS) is 27.9. The molecule has 1 aromatic rings. The molecule has 1 aromatic heterocycles. The number of hydrogen-bond acceptors (Lipinski definition) is 3. The highest BCUT2D eigenvalue weighted by molar-refractivity contribution is 5.08. The van der Waals surface area contributed by atoms with Crippen molar-refractivity contribution in [1.82, 2.24) is 9.88 Å². The highest BCUT2D eigenvalue weighted by Gasteiger charge is 2.29. The van der Waals surface area contributed by atoms with Crippen molar-refractivity contribution in [3.05, 3.63) is 30.1 Å². The number of likely N-dealkylation sites (tertiary alicyclic amines) is 1. The molecule has 94 valence electrons. The summed E-state index contributed by atoms with van der Waals surface area (Å²) in [5, 5.41) is 0. The molecule has 3 atom stereocenters. The molecule has 1 fully saturated rings. The Morgan fingerprint density at radius 1 is 1.47 bits per heavy atom. The van der Waals surface area contributed by atoms with Gasteiger partial charge in [0.2, 0.25) is 0 Å². The van der Waals surface area contributed by atoms with E-state index in [2.05, 4.69) is 35.9 Å². The van der Waals surface area contributed by atoms with E-state index in [1.165, 1.54) is 12.8 Å². The summed E-state index contributed by atoms with van der Waals surface area (Å²) in [6, 6.07) is 7.17. The second kappa shape index (κ2) is 5.61. The van der Waals surface area contributed by atoms with Crippen molar-refractivity contribution in [3.8, 4) is 0 Å². The van der Waals surface area contributed by atoms with Crippen LogP contribution in [0.15, 0.2) is 24.4 Å². The molecule has 0 bridgehead atoms. The molecule has 0 saturated carbocycles. The van der Waals surface area contributed by atoms with Crippen LogP contribution in [0.3, 0.4) is 0 Å². The summed E-state index contributed by atoms with van der Waals surface area (Å²) in [6.07, 6.45) is 4.39. The minimum atomic E-state index is 0.389. The summed E-state index contributed by atoms with van der Waals surface area (Å²) in [5.74, 6) is 0.650. The number of nitrogens with two attached hydrogens (primary N) is 1. The number of rotatable bonds is 3. The van der Waals surface area contributed by atoms with Crippen LogP contribution in [-0.4, -0.2) is 29.0 Å². The molecule has 1 aliphatic heterocycles. The summed E-state index contributed by atoms with van der Waals surface area (Å²) in [4.78, 5) is 7.01. The predicted molar refractivity (Wildman–Crippen MR) is 70.6 cm³/mol. The third-order valence-corrected chi connectivity index (χ3v) is 3.97. The fraction of sp³-hybridized carbons (Fsp3) is 0.643. The van der Waals surface area contributed by atoms with Crippen LogP contribution in [0.5, 0.6) is 0 Å². The van der Waals surface area contributed by atoms with E-state index in [4.69, 9.17) is 5.73 Å². The molecule has 2 N–H and O–H groups in total. The smallest absolute Gasteiger partial charge is 0.0572 e. The molecule has 3 nitrogen and oxygen atoms in total. The van der Waals surface area contributed by atoms with E-state index < -0.39 is 0 Å². The van der Waals surface area contributed by atoms with Gasteiger partial charge in [0.25, 0.3) is 0 Å². The SMILES string of the molecule is CC1CCC(CN)CN1C(C)c1ccccn1. The molecule has 2 heterocycles. The monoisotopic (exact) mass is 233 g/mol. The number of aromatic nitrogens is 1. The average Bonchev–Trinajstić information content (AvgIpc) is 2.39. The number of pyridine rings is 1. The second-order valence-electron chi connectivity index (χ2n) is 5.16. The summed E-state index contributed by atoms with van der Waals surface area (Å²) in [5.41, 5.74) is 6.97. The molecular formula is C14H23N3. The Morgan fingerprint density at radius 2 is 2.29 bits per heavy atom. The lowest BCUT2D eigenvalue weighted by atomic mass is 9.92. The van der Waals surface area contributed by atoms with Crippen molar-refractivity contribution in [2.45, 2.75) is 38.8 Å². The van der Waals surface area contributed by atoms with Gasteiger partial charge in [-0.25, -0.2) is 0 Å². The molecule has 1 aliphatic rings. The van der Waals surface area contributed by atoms with Gasteiger partial charge in [-0.3, -0.25) is 9.88 Å². The van der Waals surface area contributed by atoms with E-state index in [9.17, 15) is 0 Å². The van der Waals surface area contributed by atoms with Gasteiger partial charge in [-0.05, 0) is 51.3 Å². The summed E-state index contributed by atoms with van der Waals surface area (Å²) in [7, 11) is 0. The van der Waals surface area contributed by atoms with Crippen LogP contribution in [0, 0.1) is 5.92 Å². The molecule has 0 amide bonds. The zero-order chi connectivity index (χ0) is 12.3. The van der Waals surface area contributed by atoms with Crippen molar-refractivity contribution in [2.75, 3.05) is 13.1 Å². The van der Waals surface area contributed by atoms with Crippen LogP contribution in [-0.2, 0) is 0 Å². The first-order valence-corrected chi connectivity index (χ1v) is 6.59. The molecule has 2 rings (SSSR count). The minimum absolute atomic E-state index is 0.389. The van der Waals surface area contributed by atoms with E-state index in [1.54, 1.807) is 0 Å². The first kappa shape index (κ1) is 12.5. The van der Waals surface area contributed by atoms with Crippen LogP contribution in [0.25, 0.3) is 0 Å². The fourth-order valence-electron chi connectivity index (χ4n) is 2.74. The highest BCUT2D eigenvalue weighted by atomic mass is 15.2. The van der Waals surface area contributed by atoms with Gasteiger partial charge in [0, 0.05) is 24.8 Å². The topological polar surface area (TPSA) is 42.1 Å². The van der Waals surface area contributed by atoms with E-state index in [1.807, 2.05) is 12.3 Å². The molecule has 0 aromatic carbocycles. The molecule has 3 heteroatoms. The number of piperidine rings is 1. The Hall–Kier alpha value is -0.930. The minimum Gasteiger partial charge on any atom is -0.330 e. The average molecular weight is 233 g/mol. The first-order valence-electron chi connectivity index (χ1n) is 6.59. The lowest BCUT2D eigenvalue weighted by molar-refractivity contribution is 0.0794. The Balaban J connectivity index is 2.09. The largest absolute Gasteiger partial charge is 0.330 e. The fourth-order valence-corrected chi connectivity index (χ4v) is 2.74. The second-order valence-corrected chi connectivity index (χ2v) is 5.16. The van der Waals surface area contributed by atoms with Gasteiger partial charge < -0.3 is 5.73 Å². The maximum absolute atomic E-state index is 5.81. The van der Waals surface area contributed by atoms with Gasteiger partial charge in [-0.1, -0.05) is 6.07 Å². The molecule has 0 spiro atoms. The standard InChI is InChI=1S/C14H23N3/c1-11-6-7-13(9-15)10-17(11)12(2)14-5-3-4-8-16-14/h3-5,8,11-13H,6-7,9-10,15H2,1-2H3. The molecule has 0 radical (unpaired) electrons.